The molecule has 0 fully saturated rings. The van der Waals surface area contributed by atoms with Crippen molar-refractivity contribution in [1.82, 2.24) is 0 Å². The van der Waals surface area contributed by atoms with Gasteiger partial charge in [-0.15, -0.1) is 0 Å². The summed E-state index contributed by atoms with van der Waals surface area (Å²) in [5, 5.41) is 9.32. The number of hydrogen-bond acceptors (Lipinski definition) is 2. The molecule has 0 aromatic carbocycles. The van der Waals surface area contributed by atoms with Gasteiger partial charge in [0.15, 0.2) is 0 Å². The van der Waals surface area contributed by atoms with E-state index in [-0.39, 0.29) is 0 Å². The van der Waals surface area contributed by atoms with Crippen molar-refractivity contribution in [2.45, 2.75) is 44.8 Å². The van der Waals surface area contributed by atoms with Crippen LogP contribution in [0.3, 0.4) is 0 Å². The monoisotopic (exact) mass is 176 g/mol. The minimum atomic E-state index is 0.355. The Morgan fingerprint density at radius 3 is 2.55 bits per heavy atom. The number of aliphatic hydroxyl groups is 1. The third-order valence-corrected chi connectivity index (χ3v) is 3.21. The van der Waals surface area contributed by atoms with Crippen LogP contribution in [0.2, 0.25) is 0 Å². The van der Waals surface area contributed by atoms with Gasteiger partial charge >= 0.3 is 0 Å². The molecule has 0 amide bonds. The Kier molecular flexibility index (Phi) is 8.64. The summed E-state index contributed by atoms with van der Waals surface area (Å²) in [4.78, 5) is 0. The minimum absolute atomic E-state index is 0.355. The van der Waals surface area contributed by atoms with Crippen LogP contribution in [0.5, 0.6) is 0 Å². The van der Waals surface area contributed by atoms with E-state index in [1.54, 1.807) is 0 Å². The molecule has 2 heteroatoms. The predicted octanol–water partition coefficient (Wildman–Crippen LogP) is 2.68. The normalized spacial score (nSPS) is 13.4. The van der Waals surface area contributed by atoms with Crippen LogP contribution in [0.1, 0.15) is 39.5 Å². The zero-order chi connectivity index (χ0) is 8.53. The van der Waals surface area contributed by atoms with E-state index < -0.39 is 0 Å². The van der Waals surface area contributed by atoms with E-state index in [0.29, 0.717) is 6.61 Å². The highest BCUT2D eigenvalue weighted by Gasteiger charge is 1.97. The Balaban J connectivity index is 2.89. The van der Waals surface area contributed by atoms with Gasteiger partial charge in [-0.25, -0.2) is 0 Å². The third-order valence-electron chi connectivity index (χ3n) is 1.78. The quantitative estimate of drug-likeness (QED) is 0.602. The summed E-state index contributed by atoms with van der Waals surface area (Å²) in [6.45, 7) is 4.86. The molecule has 0 aliphatic heterocycles. The van der Waals surface area contributed by atoms with Gasteiger partial charge < -0.3 is 5.11 Å². The Bertz CT molecular complexity index is 76.0. The molecule has 0 saturated carbocycles. The third kappa shape index (κ3) is 8.21. The van der Waals surface area contributed by atoms with E-state index in [9.17, 15) is 0 Å². The Morgan fingerprint density at radius 1 is 1.27 bits per heavy atom. The molecule has 0 saturated heterocycles. The SMILES string of the molecule is CCC(C)SCCCCCO. The number of hydrogen-bond donors (Lipinski definition) is 1. The van der Waals surface area contributed by atoms with Gasteiger partial charge in [-0.05, 0) is 25.0 Å². The molecule has 1 atom stereocenters. The van der Waals surface area contributed by atoms with Gasteiger partial charge in [0, 0.05) is 11.9 Å². The lowest BCUT2D eigenvalue weighted by atomic mass is 10.3. The summed E-state index contributed by atoms with van der Waals surface area (Å²) in [5.74, 6) is 1.26. The number of aliphatic hydroxyl groups excluding tert-OH is 1. The maximum absolute atomic E-state index is 8.51. The molecule has 0 aliphatic rings. The van der Waals surface area contributed by atoms with Crippen molar-refractivity contribution >= 4 is 11.8 Å². The summed E-state index contributed by atoms with van der Waals surface area (Å²) >= 11 is 2.05. The van der Waals surface area contributed by atoms with Gasteiger partial charge in [-0.1, -0.05) is 20.3 Å². The molecule has 0 aromatic rings. The van der Waals surface area contributed by atoms with Crippen LogP contribution >= 0.6 is 11.8 Å². The first-order valence-corrected chi connectivity index (χ1v) is 5.58. The lowest BCUT2D eigenvalue weighted by Crippen LogP contribution is -1.94. The minimum Gasteiger partial charge on any atom is -0.396 e. The van der Waals surface area contributed by atoms with Crippen molar-refractivity contribution in [2.24, 2.45) is 0 Å². The van der Waals surface area contributed by atoms with Gasteiger partial charge in [0.1, 0.15) is 0 Å². The van der Waals surface area contributed by atoms with Crippen molar-refractivity contribution in [2.75, 3.05) is 12.4 Å². The van der Waals surface area contributed by atoms with Crippen molar-refractivity contribution < 1.29 is 5.11 Å². The zero-order valence-corrected chi connectivity index (χ0v) is 8.49. The van der Waals surface area contributed by atoms with Crippen LogP contribution in [-0.4, -0.2) is 22.7 Å². The van der Waals surface area contributed by atoms with E-state index in [4.69, 9.17) is 5.11 Å². The smallest absolute Gasteiger partial charge is 0.0431 e. The summed E-state index contributed by atoms with van der Waals surface area (Å²) in [6, 6.07) is 0. The highest BCUT2D eigenvalue weighted by atomic mass is 32.2. The molecule has 0 spiro atoms. The van der Waals surface area contributed by atoms with Gasteiger partial charge in [0.2, 0.25) is 0 Å². The van der Waals surface area contributed by atoms with Crippen LogP contribution in [0, 0.1) is 0 Å². The van der Waals surface area contributed by atoms with E-state index >= 15 is 0 Å². The van der Waals surface area contributed by atoms with Crippen LogP contribution in [0.4, 0.5) is 0 Å². The molecule has 0 rings (SSSR count). The summed E-state index contributed by atoms with van der Waals surface area (Å²) < 4.78 is 0. The van der Waals surface area contributed by atoms with Crippen molar-refractivity contribution in [3.05, 3.63) is 0 Å². The second-order valence-electron chi connectivity index (χ2n) is 2.87. The summed E-state index contributed by atoms with van der Waals surface area (Å²) in [7, 11) is 0. The average Bonchev–Trinajstić information content (AvgIpc) is 2.04. The molecule has 1 nitrogen and oxygen atoms in total. The van der Waals surface area contributed by atoms with Gasteiger partial charge in [-0.2, -0.15) is 11.8 Å². The maximum atomic E-state index is 8.51. The molecule has 68 valence electrons. The maximum Gasteiger partial charge on any atom is 0.0431 e. The molecule has 0 bridgehead atoms. The fourth-order valence-corrected chi connectivity index (χ4v) is 1.80. The second kappa shape index (κ2) is 8.41. The molecule has 0 radical (unpaired) electrons. The molecular formula is C9H20OS. The zero-order valence-electron chi connectivity index (χ0n) is 7.68. The summed E-state index contributed by atoms with van der Waals surface area (Å²) in [5.41, 5.74) is 0. The summed E-state index contributed by atoms with van der Waals surface area (Å²) in [6.07, 6.45) is 4.68. The largest absolute Gasteiger partial charge is 0.396 e. The first-order valence-electron chi connectivity index (χ1n) is 4.53. The second-order valence-corrected chi connectivity index (χ2v) is 4.42. The number of thioether (sulfide) groups is 1. The topological polar surface area (TPSA) is 20.2 Å². The lowest BCUT2D eigenvalue weighted by Gasteiger charge is -2.06. The first kappa shape index (κ1) is 11.3. The first-order chi connectivity index (χ1) is 5.31. The predicted molar refractivity (Wildman–Crippen MR) is 53.1 cm³/mol. The van der Waals surface area contributed by atoms with Crippen LogP contribution in [0.15, 0.2) is 0 Å². The van der Waals surface area contributed by atoms with E-state index in [1.165, 1.54) is 25.0 Å². The molecule has 11 heavy (non-hydrogen) atoms. The van der Waals surface area contributed by atoms with E-state index in [1.807, 2.05) is 11.8 Å². The molecule has 1 unspecified atom stereocenters. The highest BCUT2D eigenvalue weighted by molar-refractivity contribution is 7.99. The molecular weight excluding hydrogens is 156 g/mol. The number of unbranched alkanes of at least 4 members (excludes halogenated alkanes) is 2. The Labute approximate surface area is 74.6 Å². The van der Waals surface area contributed by atoms with Crippen molar-refractivity contribution in [1.29, 1.82) is 0 Å². The lowest BCUT2D eigenvalue weighted by molar-refractivity contribution is 0.284. The van der Waals surface area contributed by atoms with Crippen molar-refractivity contribution in [3.63, 3.8) is 0 Å². The molecule has 0 heterocycles. The van der Waals surface area contributed by atoms with Gasteiger partial charge in [0.25, 0.3) is 0 Å². The number of rotatable bonds is 7. The van der Waals surface area contributed by atoms with Crippen molar-refractivity contribution in [3.8, 4) is 0 Å². The highest BCUT2D eigenvalue weighted by Crippen LogP contribution is 2.15. The Morgan fingerprint density at radius 2 is 2.00 bits per heavy atom. The fraction of sp³-hybridized carbons (Fsp3) is 1.00. The van der Waals surface area contributed by atoms with Gasteiger partial charge in [-0.3, -0.25) is 0 Å². The van der Waals surface area contributed by atoms with Gasteiger partial charge in [0.05, 0.1) is 0 Å². The van der Waals surface area contributed by atoms with Crippen LogP contribution in [0.25, 0.3) is 0 Å². The molecule has 0 aromatic heterocycles. The molecule has 1 N–H and O–H groups in total. The van der Waals surface area contributed by atoms with Crippen LogP contribution < -0.4 is 0 Å². The molecule has 0 aliphatic carbocycles. The fourth-order valence-electron chi connectivity index (χ4n) is 0.793. The Hall–Kier alpha value is 0.310. The van der Waals surface area contributed by atoms with E-state index in [2.05, 4.69) is 13.8 Å². The standard InChI is InChI=1S/C9H20OS/c1-3-9(2)11-8-6-4-5-7-10/h9-10H,3-8H2,1-2H3. The average molecular weight is 176 g/mol. The van der Waals surface area contributed by atoms with Crippen LogP contribution in [-0.2, 0) is 0 Å². The van der Waals surface area contributed by atoms with E-state index in [0.717, 1.165) is 11.7 Å².